The lowest BCUT2D eigenvalue weighted by Crippen LogP contribution is -2.61. The highest BCUT2D eigenvalue weighted by atomic mass is 19.4. The van der Waals surface area contributed by atoms with Gasteiger partial charge in [-0.1, -0.05) is 0 Å². The maximum atomic E-state index is 14.1. The van der Waals surface area contributed by atoms with E-state index in [9.17, 15) is 40.3 Å². The van der Waals surface area contributed by atoms with E-state index in [2.05, 4.69) is 14.2 Å². The molecule has 3 unspecified atom stereocenters. The molecule has 4 fully saturated rings. The van der Waals surface area contributed by atoms with Crippen molar-refractivity contribution in [3.05, 3.63) is 0 Å². The average molecular weight is 492 g/mol. The number of carbonyl (C=O) groups is 2. The third-order valence-electron chi connectivity index (χ3n) is 6.87. The first-order valence-corrected chi connectivity index (χ1v) is 10.9. The van der Waals surface area contributed by atoms with Gasteiger partial charge in [0, 0.05) is 6.92 Å². The molecule has 12 heteroatoms. The summed E-state index contributed by atoms with van der Waals surface area (Å²) in [6, 6.07) is 0. The van der Waals surface area contributed by atoms with Crippen LogP contribution in [0.2, 0.25) is 0 Å². The van der Waals surface area contributed by atoms with Gasteiger partial charge in [0.25, 0.3) is 5.92 Å². The van der Waals surface area contributed by atoms with Gasteiger partial charge in [0.05, 0.1) is 18.6 Å². The van der Waals surface area contributed by atoms with Crippen LogP contribution in [0.25, 0.3) is 0 Å². The highest BCUT2D eigenvalue weighted by molar-refractivity contribution is 5.85. The lowest BCUT2D eigenvalue weighted by atomic mass is 9.49. The van der Waals surface area contributed by atoms with E-state index in [0.717, 1.165) is 19.3 Å². The molecular weight excluding hydrogens is 465 g/mol. The summed E-state index contributed by atoms with van der Waals surface area (Å²) in [7, 11) is 0. The fraction of sp³-hybridized carbons (Fsp3) is 0.905. The average Bonchev–Trinajstić information content (AvgIpc) is 2.67. The number of esters is 2. The van der Waals surface area contributed by atoms with Crippen LogP contribution >= 0.6 is 0 Å². The van der Waals surface area contributed by atoms with Crippen molar-refractivity contribution in [3.8, 4) is 0 Å². The van der Waals surface area contributed by atoms with Crippen molar-refractivity contribution in [2.75, 3.05) is 13.2 Å². The van der Waals surface area contributed by atoms with Gasteiger partial charge in [0.15, 0.2) is 12.3 Å². The minimum Gasteiger partial charge on any atom is -0.461 e. The molecule has 0 saturated heterocycles. The predicted octanol–water partition coefficient (Wildman–Crippen LogP) is 4.92. The minimum absolute atomic E-state index is 0.0413. The van der Waals surface area contributed by atoms with E-state index in [4.69, 9.17) is 0 Å². The van der Waals surface area contributed by atoms with Crippen LogP contribution in [0, 0.1) is 23.2 Å². The Morgan fingerprint density at radius 1 is 0.970 bits per heavy atom. The fourth-order valence-corrected chi connectivity index (χ4v) is 5.81. The topological polar surface area (TPSA) is 61.8 Å². The molecule has 0 N–H and O–H groups in total. The van der Waals surface area contributed by atoms with Gasteiger partial charge in [-0.15, -0.1) is 0 Å². The van der Waals surface area contributed by atoms with Crippen LogP contribution in [0.15, 0.2) is 0 Å². The smallest absolute Gasteiger partial charge is 0.461 e. The van der Waals surface area contributed by atoms with Gasteiger partial charge < -0.3 is 14.2 Å². The van der Waals surface area contributed by atoms with Crippen molar-refractivity contribution in [1.82, 2.24) is 0 Å². The van der Waals surface area contributed by atoms with Crippen LogP contribution in [0.3, 0.4) is 0 Å². The van der Waals surface area contributed by atoms with Crippen LogP contribution in [-0.4, -0.2) is 55.4 Å². The monoisotopic (exact) mass is 492 g/mol. The van der Waals surface area contributed by atoms with Crippen molar-refractivity contribution < 1.29 is 54.5 Å². The third kappa shape index (κ3) is 4.95. The first-order chi connectivity index (χ1) is 15.1. The van der Waals surface area contributed by atoms with Crippen molar-refractivity contribution in [2.24, 2.45) is 23.2 Å². The highest BCUT2D eigenvalue weighted by Gasteiger charge is 2.70. The number of carbonyl (C=O) groups excluding carboxylic acids is 2. The van der Waals surface area contributed by atoms with E-state index in [1.807, 2.05) is 0 Å². The zero-order valence-corrected chi connectivity index (χ0v) is 18.2. The zero-order valence-electron chi connectivity index (χ0n) is 18.2. The first-order valence-electron chi connectivity index (χ1n) is 10.9. The Morgan fingerprint density at radius 3 is 1.85 bits per heavy atom. The zero-order chi connectivity index (χ0) is 24.8. The normalized spacial score (nSPS) is 32.7. The Balaban J connectivity index is 1.88. The molecule has 4 aliphatic rings. The number of alkyl halides is 7. The summed E-state index contributed by atoms with van der Waals surface area (Å²) in [5.74, 6) is -11.7. The standard InChI is InChI=1S/C21H27F7O5/c1-3-31-17(30)20(21(26,27)28,32-10-14(22)15(23)18(2,24)25)33-16(29)19-7-11-4-12(8-19)6-13(5-11)9-19/h11-15H,3-10H2,1-2H3. The molecule has 5 nitrogen and oxygen atoms in total. The summed E-state index contributed by atoms with van der Waals surface area (Å²) >= 11 is 0. The fourth-order valence-electron chi connectivity index (χ4n) is 5.81. The van der Waals surface area contributed by atoms with Gasteiger partial charge in [-0.3, -0.25) is 4.79 Å². The van der Waals surface area contributed by atoms with Crippen molar-refractivity contribution >= 4 is 11.9 Å². The van der Waals surface area contributed by atoms with Crippen molar-refractivity contribution in [3.63, 3.8) is 0 Å². The Morgan fingerprint density at radius 2 is 1.45 bits per heavy atom. The molecule has 0 aromatic rings. The van der Waals surface area contributed by atoms with Gasteiger partial charge in [-0.2, -0.15) is 13.2 Å². The van der Waals surface area contributed by atoms with Gasteiger partial charge in [-0.25, -0.2) is 22.4 Å². The maximum Gasteiger partial charge on any atom is 0.468 e. The molecule has 0 heterocycles. The van der Waals surface area contributed by atoms with Crippen molar-refractivity contribution in [1.29, 1.82) is 0 Å². The van der Waals surface area contributed by atoms with E-state index in [1.165, 1.54) is 6.92 Å². The first kappa shape index (κ1) is 26.0. The van der Waals surface area contributed by atoms with Gasteiger partial charge >= 0.3 is 23.9 Å². The highest BCUT2D eigenvalue weighted by Crippen LogP contribution is 2.61. The summed E-state index contributed by atoms with van der Waals surface area (Å²) in [6.45, 7) is -1.28. The Hall–Kier alpha value is -1.59. The molecule has 4 aliphatic carbocycles. The van der Waals surface area contributed by atoms with Gasteiger partial charge in [-0.05, 0) is 63.2 Å². The van der Waals surface area contributed by atoms with Crippen LogP contribution in [-0.2, 0) is 23.8 Å². The molecule has 0 spiro atoms. The number of hydrogen-bond donors (Lipinski definition) is 0. The molecule has 4 saturated carbocycles. The van der Waals surface area contributed by atoms with Crippen molar-refractivity contribution in [2.45, 2.75) is 82.6 Å². The molecule has 33 heavy (non-hydrogen) atoms. The molecule has 4 bridgehead atoms. The Kier molecular flexibility index (Phi) is 7.01. The van der Waals surface area contributed by atoms with E-state index < -0.39 is 60.8 Å². The van der Waals surface area contributed by atoms with E-state index >= 15 is 0 Å². The summed E-state index contributed by atoms with van der Waals surface area (Å²) < 4.78 is 109. The van der Waals surface area contributed by atoms with E-state index in [-0.39, 0.29) is 43.9 Å². The summed E-state index contributed by atoms with van der Waals surface area (Å²) in [5, 5.41) is 0. The third-order valence-corrected chi connectivity index (χ3v) is 6.87. The number of hydrogen-bond acceptors (Lipinski definition) is 5. The number of halogens is 7. The molecule has 0 aromatic heterocycles. The van der Waals surface area contributed by atoms with Crippen LogP contribution in [0.5, 0.6) is 0 Å². The molecule has 0 aromatic carbocycles. The number of ether oxygens (including phenoxy) is 3. The Bertz CT molecular complexity index is 715. The number of rotatable bonds is 9. The van der Waals surface area contributed by atoms with Gasteiger partial charge in [0.2, 0.25) is 0 Å². The second-order valence-corrected chi connectivity index (χ2v) is 9.61. The second kappa shape index (κ2) is 8.88. The SMILES string of the molecule is CCOC(=O)C(OCC(F)C(F)C(C)(F)F)(OC(=O)C12CC3CC(CC(C3)C1)C2)C(F)(F)F. The molecule has 0 amide bonds. The second-order valence-electron chi connectivity index (χ2n) is 9.61. The minimum atomic E-state index is -5.75. The molecule has 3 atom stereocenters. The predicted molar refractivity (Wildman–Crippen MR) is 98.5 cm³/mol. The van der Waals surface area contributed by atoms with Gasteiger partial charge in [0.1, 0.15) is 0 Å². The largest absolute Gasteiger partial charge is 0.468 e. The quantitative estimate of drug-likeness (QED) is 0.260. The van der Waals surface area contributed by atoms with E-state index in [0.29, 0.717) is 0 Å². The molecule has 190 valence electrons. The lowest BCUT2D eigenvalue weighted by molar-refractivity contribution is -0.362. The van der Waals surface area contributed by atoms with Crippen LogP contribution in [0.1, 0.15) is 52.4 Å². The lowest BCUT2D eigenvalue weighted by Gasteiger charge is -2.55. The Labute approximate surface area is 186 Å². The summed E-state index contributed by atoms with van der Waals surface area (Å²) in [4.78, 5) is 25.5. The van der Waals surface area contributed by atoms with E-state index in [1.54, 1.807) is 0 Å². The molecule has 0 radical (unpaired) electrons. The summed E-state index contributed by atoms with van der Waals surface area (Å²) in [6.07, 6.45) is -9.06. The molecule has 4 rings (SSSR count). The molecular formula is C21H27F7O5. The van der Waals surface area contributed by atoms with Crippen LogP contribution < -0.4 is 0 Å². The molecule has 0 aliphatic heterocycles. The maximum absolute atomic E-state index is 14.1. The summed E-state index contributed by atoms with van der Waals surface area (Å²) in [5.41, 5.74) is -1.25. The van der Waals surface area contributed by atoms with Crippen LogP contribution in [0.4, 0.5) is 30.7 Å².